The fourth-order valence-corrected chi connectivity index (χ4v) is 4.07. The average molecular weight is 429 g/mol. The van der Waals surface area contributed by atoms with Crippen molar-refractivity contribution in [3.05, 3.63) is 108 Å². The highest BCUT2D eigenvalue weighted by atomic mass is 16.1. The highest BCUT2D eigenvalue weighted by Crippen LogP contribution is 2.28. The van der Waals surface area contributed by atoms with Gasteiger partial charge in [0.15, 0.2) is 0 Å². The van der Waals surface area contributed by atoms with Crippen LogP contribution >= 0.6 is 0 Å². The van der Waals surface area contributed by atoms with Crippen molar-refractivity contribution >= 4 is 16.7 Å². The zero-order valence-corrected chi connectivity index (χ0v) is 19.4. The van der Waals surface area contributed by atoms with E-state index in [1.54, 1.807) is 0 Å². The summed E-state index contributed by atoms with van der Waals surface area (Å²) in [4.78, 5) is 18.3. The molecule has 0 aliphatic carbocycles. The van der Waals surface area contributed by atoms with E-state index < -0.39 is 0 Å². The molecule has 3 aromatic carbocycles. The molecule has 4 rings (SSSR count). The number of aromatic nitrogens is 1. The monoisotopic (exact) mass is 428 g/mol. The molecule has 0 bridgehead atoms. The van der Waals surface area contributed by atoms with Crippen molar-refractivity contribution in [1.29, 1.82) is 0 Å². The van der Waals surface area contributed by atoms with Crippen LogP contribution in [0.2, 0.25) is 0 Å². The molecular formula is C29H36N2O. The Hall–Kier alpha value is -3.17. The van der Waals surface area contributed by atoms with Gasteiger partial charge >= 0.3 is 0 Å². The molecule has 0 aliphatic rings. The van der Waals surface area contributed by atoms with Gasteiger partial charge < -0.3 is 9.88 Å². The summed E-state index contributed by atoms with van der Waals surface area (Å²) in [5, 5.41) is 1.28. The summed E-state index contributed by atoms with van der Waals surface area (Å²) in [6.07, 6.45) is 4.45. The Morgan fingerprint density at radius 2 is 1.44 bits per heavy atom. The first-order valence-electron chi connectivity index (χ1n) is 11.4. The first-order chi connectivity index (χ1) is 15.6. The molecular weight excluding hydrogens is 392 g/mol. The van der Waals surface area contributed by atoms with Crippen LogP contribution in [0.15, 0.2) is 97.2 Å². The molecule has 168 valence electrons. The van der Waals surface area contributed by atoms with Gasteiger partial charge in [-0.2, -0.15) is 0 Å². The second kappa shape index (κ2) is 12.0. The molecule has 0 saturated heterocycles. The molecule has 3 nitrogen and oxygen atoms in total. The molecule has 0 saturated carbocycles. The van der Waals surface area contributed by atoms with Gasteiger partial charge in [0, 0.05) is 36.9 Å². The number of nitrogens with one attached hydrogen (secondary N) is 1. The number of benzene rings is 3. The zero-order chi connectivity index (χ0) is 22.8. The topological polar surface area (TPSA) is 36.1 Å². The number of fused-ring (bicyclic) bond motifs is 1. The third-order valence-electron chi connectivity index (χ3n) is 5.97. The Morgan fingerprint density at radius 3 is 2.03 bits per heavy atom. The number of likely N-dealkylation sites (N-methyl/N-ethyl adjacent to an activating group) is 1. The van der Waals surface area contributed by atoms with Gasteiger partial charge in [0.25, 0.3) is 0 Å². The molecule has 2 atom stereocenters. The maximum absolute atomic E-state index is 12.7. The number of H-pyrrole nitrogens is 1. The lowest BCUT2D eigenvalue weighted by atomic mass is 9.85. The first-order valence-corrected chi connectivity index (χ1v) is 11.4. The molecule has 3 heteroatoms. The smallest absolute Gasteiger partial charge is 0.140 e. The van der Waals surface area contributed by atoms with E-state index in [-0.39, 0.29) is 7.34 Å². The quantitative estimate of drug-likeness (QED) is 0.338. The summed E-state index contributed by atoms with van der Waals surface area (Å²) in [7, 11) is 4.22. The largest absolute Gasteiger partial charge is 0.361 e. The molecule has 0 amide bonds. The molecule has 0 aliphatic heterocycles. The minimum absolute atomic E-state index is 0. The van der Waals surface area contributed by atoms with Crippen LogP contribution in [0.4, 0.5) is 0 Å². The Labute approximate surface area is 193 Å². The summed E-state index contributed by atoms with van der Waals surface area (Å²) in [6.45, 7) is 1.96. The summed E-state index contributed by atoms with van der Waals surface area (Å²) in [6, 6.07) is 30.9. The molecule has 0 unspecified atom stereocenters. The van der Waals surface area contributed by atoms with Gasteiger partial charge in [0.1, 0.15) is 5.78 Å². The van der Waals surface area contributed by atoms with E-state index in [9.17, 15) is 4.79 Å². The predicted molar refractivity (Wildman–Crippen MR) is 137 cm³/mol. The van der Waals surface area contributed by atoms with Crippen molar-refractivity contribution in [3.63, 3.8) is 0 Å². The lowest BCUT2D eigenvalue weighted by Gasteiger charge is -2.28. The second-order valence-corrected chi connectivity index (χ2v) is 8.35. The van der Waals surface area contributed by atoms with Gasteiger partial charge in [-0.05, 0) is 44.1 Å². The number of hydrogen-bond acceptors (Lipinski definition) is 2. The number of carbonyl (C=O) groups excluding carboxylic acids is 1. The van der Waals surface area contributed by atoms with Crippen LogP contribution in [0.1, 0.15) is 38.2 Å². The first kappa shape index (κ1) is 23.5. The van der Waals surface area contributed by atoms with Gasteiger partial charge in [-0.25, -0.2) is 0 Å². The number of Topliss-reactive ketones (excluding diaryl/α,β-unsaturated/α-hetero) is 1. The molecule has 4 aromatic rings. The van der Waals surface area contributed by atoms with Crippen molar-refractivity contribution in [2.45, 2.75) is 38.1 Å². The number of hydrogen-bond donors (Lipinski definition) is 1. The fourth-order valence-electron chi connectivity index (χ4n) is 4.07. The van der Waals surface area contributed by atoms with Crippen molar-refractivity contribution in [2.75, 3.05) is 14.1 Å². The van der Waals surface area contributed by atoms with Crippen molar-refractivity contribution in [3.8, 4) is 0 Å². The Morgan fingerprint density at radius 1 is 0.875 bits per heavy atom. The number of aromatic amines is 1. The van der Waals surface area contributed by atoms with Crippen molar-refractivity contribution in [1.82, 2.24) is 9.88 Å². The lowest BCUT2D eigenvalue weighted by Crippen LogP contribution is -2.33. The number of nitrogens with zero attached hydrogens (tertiary/aromatic N) is 1. The van der Waals surface area contributed by atoms with Gasteiger partial charge in [-0.15, -0.1) is 0 Å². The number of ketones is 1. The summed E-state index contributed by atoms with van der Waals surface area (Å²) < 4.78 is 0. The van der Waals surface area contributed by atoms with Crippen LogP contribution in [-0.2, 0) is 11.2 Å². The highest BCUT2D eigenvalue weighted by molar-refractivity contribution is 5.85. The third-order valence-corrected chi connectivity index (χ3v) is 5.97. The van der Waals surface area contributed by atoms with Crippen LogP contribution in [0.3, 0.4) is 0 Å². The molecule has 0 radical (unpaired) electrons. The van der Waals surface area contributed by atoms with Gasteiger partial charge in [0.2, 0.25) is 0 Å². The number of rotatable bonds is 8. The predicted octanol–water partition coefficient (Wildman–Crippen LogP) is 6.73. The van der Waals surface area contributed by atoms with Crippen molar-refractivity contribution in [2.24, 2.45) is 0 Å². The Bertz CT molecular complexity index is 1050. The summed E-state index contributed by atoms with van der Waals surface area (Å²) in [5.41, 5.74) is 3.62. The third kappa shape index (κ3) is 6.41. The van der Waals surface area contributed by atoms with E-state index in [0.717, 1.165) is 18.4 Å². The highest BCUT2D eigenvalue weighted by Gasteiger charge is 2.25. The lowest BCUT2D eigenvalue weighted by molar-refractivity contribution is -0.120. The van der Waals surface area contributed by atoms with Crippen LogP contribution < -0.4 is 0 Å². The molecule has 1 heterocycles. The van der Waals surface area contributed by atoms with Gasteiger partial charge in [0.05, 0.1) is 0 Å². The van der Waals surface area contributed by atoms with Gasteiger partial charge in [-0.3, -0.25) is 4.79 Å². The van der Waals surface area contributed by atoms with Crippen LogP contribution in [0, 0.1) is 0 Å². The zero-order valence-electron chi connectivity index (χ0n) is 19.4. The van der Waals surface area contributed by atoms with Gasteiger partial charge in [-0.1, -0.05) is 91.9 Å². The van der Waals surface area contributed by atoms with E-state index in [1.807, 2.05) is 61.5 Å². The SMILES string of the molecule is CCC(=O)[C@@H](C[C@H](Cc1c[nH]c2ccccc12)N(C)C)c1ccccc1.[HH].c1ccccc1. The average Bonchev–Trinajstić information content (AvgIpc) is 3.26. The van der Waals surface area contributed by atoms with E-state index in [0.29, 0.717) is 18.2 Å². The fraction of sp³-hybridized carbons (Fsp3) is 0.276. The minimum atomic E-state index is -0.0428. The number of carbonyl (C=O) groups is 1. The van der Waals surface area contributed by atoms with Crippen LogP contribution in [-0.4, -0.2) is 35.8 Å². The maximum atomic E-state index is 12.7. The number of para-hydroxylation sites is 1. The molecule has 1 aromatic heterocycles. The van der Waals surface area contributed by atoms with Crippen LogP contribution in [0.5, 0.6) is 0 Å². The molecule has 0 fully saturated rings. The summed E-state index contributed by atoms with van der Waals surface area (Å²) >= 11 is 0. The van der Waals surface area contributed by atoms with E-state index in [4.69, 9.17) is 0 Å². The molecule has 0 spiro atoms. The van der Waals surface area contributed by atoms with Crippen LogP contribution in [0.25, 0.3) is 10.9 Å². The summed E-state index contributed by atoms with van der Waals surface area (Å²) in [5.74, 6) is 0.279. The second-order valence-electron chi connectivity index (χ2n) is 8.35. The van der Waals surface area contributed by atoms with E-state index >= 15 is 0 Å². The molecule has 32 heavy (non-hydrogen) atoms. The Balaban J connectivity index is 0.000000479. The normalized spacial score (nSPS) is 12.8. The van der Waals surface area contributed by atoms with E-state index in [2.05, 4.69) is 66.6 Å². The standard InChI is InChI=1S/C23H28N2O.C6H6.H2/c1-4-23(26)21(17-10-6-5-7-11-17)15-19(25(2)3)14-18-16-24-22-13-9-8-12-20(18)22;1-2-4-6-5-3-1;/h5-13,16,19,21,24H,4,14-15H2,1-3H3;1-6H;1H/t19-,21-;;/m0../s1. The Kier molecular flexibility index (Phi) is 8.82. The minimum Gasteiger partial charge on any atom is -0.361 e. The molecule has 1 N–H and O–H groups in total. The maximum Gasteiger partial charge on any atom is 0.140 e. The van der Waals surface area contributed by atoms with E-state index in [1.165, 1.54) is 16.5 Å². The van der Waals surface area contributed by atoms with Crippen molar-refractivity contribution < 1.29 is 6.22 Å².